The van der Waals surface area contributed by atoms with Gasteiger partial charge in [0, 0.05) is 34.9 Å². The average molecular weight is 397 g/mol. The molecule has 4 rings (SSSR count). The molecular weight excluding hydrogens is 376 g/mol. The Labute approximate surface area is 167 Å². The highest BCUT2D eigenvalue weighted by atomic mass is 35.5. The van der Waals surface area contributed by atoms with Gasteiger partial charge in [0.25, 0.3) is 0 Å². The fourth-order valence-corrected chi connectivity index (χ4v) is 3.70. The van der Waals surface area contributed by atoms with Gasteiger partial charge in [-0.05, 0) is 37.5 Å². The summed E-state index contributed by atoms with van der Waals surface area (Å²) in [6.07, 6.45) is 7.47. The SMILES string of the molecule is CCCC(O)c1cc(Cl)c(-c2cc3cnc(C4(C(N)=O)CC4)cc3cn2)cn1. The molecule has 1 fully saturated rings. The van der Waals surface area contributed by atoms with Gasteiger partial charge in [0.1, 0.15) is 0 Å². The quantitative estimate of drug-likeness (QED) is 0.661. The van der Waals surface area contributed by atoms with Crippen LogP contribution >= 0.6 is 11.6 Å². The van der Waals surface area contributed by atoms with E-state index in [2.05, 4.69) is 15.0 Å². The predicted octanol–water partition coefficient (Wildman–Crippen LogP) is 3.70. The number of pyridine rings is 3. The first-order chi connectivity index (χ1) is 13.4. The maximum atomic E-state index is 11.7. The number of hydrogen-bond acceptors (Lipinski definition) is 5. The van der Waals surface area contributed by atoms with E-state index >= 15 is 0 Å². The minimum Gasteiger partial charge on any atom is -0.387 e. The molecule has 1 unspecified atom stereocenters. The Morgan fingerprint density at radius 2 is 1.89 bits per heavy atom. The van der Waals surface area contributed by atoms with Gasteiger partial charge in [-0.3, -0.25) is 19.7 Å². The van der Waals surface area contributed by atoms with Crippen molar-refractivity contribution in [3.05, 3.63) is 53.2 Å². The highest BCUT2D eigenvalue weighted by Gasteiger charge is 2.51. The zero-order valence-electron chi connectivity index (χ0n) is 15.5. The summed E-state index contributed by atoms with van der Waals surface area (Å²) in [5.74, 6) is -0.327. The van der Waals surface area contributed by atoms with Crippen molar-refractivity contribution < 1.29 is 9.90 Å². The molecule has 1 amide bonds. The van der Waals surface area contributed by atoms with Crippen molar-refractivity contribution in [3.8, 4) is 11.3 Å². The summed E-state index contributed by atoms with van der Waals surface area (Å²) in [4.78, 5) is 25.1. The summed E-state index contributed by atoms with van der Waals surface area (Å²) in [7, 11) is 0. The largest absolute Gasteiger partial charge is 0.387 e. The van der Waals surface area contributed by atoms with Gasteiger partial charge in [-0.1, -0.05) is 24.9 Å². The number of amides is 1. The Kier molecular flexibility index (Phi) is 4.77. The molecule has 3 heterocycles. The molecule has 3 aromatic heterocycles. The Morgan fingerprint density at radius 3 is 2.54 bits per heavy atom. The number of primary amides is 1. The lowest BCUT2D eigenvalue weighted by atomic mass is 9.99. The monoisotopic (exact) mass is 396 g/mol. The van der Waals surface area contributed by atoms with Crippen LogP contribution in [0.4, 0.5) is 0 Å². The third kappa shape index (κ3) is 3.23. The maximum Gasteiger partial charge on any atom is 0.229 e. The normalized spacial score (nSPS) is 16.1. The molecule has 0 bridgehead atoms. The highest BCUT2D eigenvalue weighted by Crippen LogP contribution is 2.47. The molecule has 28 heavy (non-hydrogen) atoms. The minimum atomic E-state index is -0.622. The first-order valence-corrected chi connectivity index (χ1v) is 9.72. The summed E-state index contributed by atoms with van der Waals surface area (Å²) < 4.78 is 0. The molecule has 1 aliphatic carbocycles. The third-order valence-corrected chi connectivity index (χ3v) is 5.68. The molecule has 0 radical (unpaired) electrons. The van der Waals surface area contributed by atoms with Gasteiger partial charge < -0.3 is 10.8 Å². The van der Waals surface area contributed by atoms with Crippen molar-refractivity contribution in [2.45, 2.75) is 44.1 Å². The number of aliphatic hydroxyl groups is 1. The van der Waals surface area contributed by atoms with Crippen molar-refractivity contribution in [1.82, 2.24) is 15.0 Å². The van der Waals surface area contributed by atoms with Gasteiger partial charge in [-0.25, -0.2) is 0 Å². The number of carbonyl (C=O) groups is 1. The second kappa shape index (κ2) is 7.11. The van der Waals surface area contributed by atoms with E-state index in [-0.39, 0.29) is 5.91 Å². The number of fused-ring (bicyclic) bond motifs is 1. The third-order valence-electron chi connectivity index (χ3n) is 5.37. The Hall–Kier alpha value is -2.57. The van der Waals surface area contributed by atoms with Crippen LogP contribution in [-0.2, 0) is 10.2 Å². The van der Waals surface area contributed by atoms with Gasteiger partial charge in [-0.15, -0.1) is 0 Å². The van der Waals surface area contributed by atoms with E-state index in [1.807, 2.05) is 19.1 Å². The fraction of sp³-hybridized carbons (Fsp3) is 0.333. The zero-order chi connectivity index (χ0) is 19.9. The molecular formula is C21H21ClN4O2. The van der Waals surface area contributed by atoms with E-state index in [9.17, 15) is 9.90 Å². The summed E-state index contributed by atoms with van der Waals surface area (Å²) >= 11 is 6.43. The van der Waals surface area contributed by atoms with Crippen LogP contribution in [0, 0.1) is 0 Å². The van der Waals surface area contributed by atoms with Crippen molar-refractivity contribution in [2.75, 3.05) is 0 Å². The van der Waals surface area contributed by atoms with Crippen LogP contribution in [0.3, 0.4) is 0 Å². The molecule has 0 aliphatic heterocycles. The van der Waals surface area contributed by atoms with Crippen LogP contribution in [0.15, 0.2) is 36.8 Å². The smallest absolute Gasteiger partial charge is 0.229 e. The van der Waals surface area contributed by atoms with Crippen LogP contribution < -0.4 is 5.73 Å². The van der Waals surface area contributed by atoms with Crippen LogP contribution in [0.1, 0.15) is 50.1 Å². The van der Waals surface area contributed by atoms with Gasteiger partial charge in [-0.2, -0.15) is 0 Å². The van der Waals surface area contributed by atoms with E-state index in [0.717, 1.165) is 30.0 Å². The molecule has 0 saturated heterocycles. The predicted molar refractivity (Wildman–Crippen MR) is 108 cm³/mol. The first kappa shape index (κ1) is 18.8. The molecule has 0 aromatic carbocycles. The summed E-state index contributed by atoms with van der Waals surface area (Å²) in [6.45, 7) is 2.01. The number of nitrogens with two attached hydrogens (primary N) is 1. The van der Waals surface area contributed by atoms with Crippen LogP contribution in [-0.4, -0.2) is 26.0 Å². The number of aromatic nitrogens is 3. The van der Waals surface area contributed by atoms with E-state index in [0.29, 0.717) is 34.1 Å². The van der Waals surface area contributed by atoms with E-state index in [1.165, 1.54) is 0 Å². The molecule has 0 spiro atoms. The second-order valence-corrected chi connectivity index (χ2v) is 7.73. The number of rotatable bonds is 6. The van der Waals surface area contributed by atoms with Gasteiger partial charge >= 0.3 is 0 Å². The average Bonchev–Trinajstić information content (AvgIpc) is 3.49. The van der Waals surface area contributed by atoms with Gasteiger partial charge in [0.2, 0.25) is 5.91 Å². The Morgan fingerprint density at radius 1 is 1.18 bits per heavy atom. The van der Waals surface area contributed by atoms with Gasteiger partial charge in [0.05, 0.1) is 33.6 Å². The topological polar surface area (TPSA) is 102 Å². The molecule has 144 valence electrons. The lowest BCUT2D eigenvalue weighted by Gasteiger charge is -2.12. The number of aliphatic hydroxyl groups excluding tert-OH is 1. The van der Waals surface area contributed by atoms with Crippen molar-refractivity contribution >= 4 is 28.3 Å². The number of carbonyl (C=O) groups excluding carboxylic acids is 1. The number of nitrogens with zero attached hydrogens (tertiary/aromatic N) is 3. The Balaban J connectivity index is 1.68. The van der Waals surface area contributed by atoms with Crippen LogP contribution in [0.5, 0.6) is 0 Å². The van der Waals surface area contributed by atoms with E-state index in [1.54, 1.807) is 24.7 Å². The lowest BCUT2D eigenvalue weighted by molar-refractivity contribution is -0.120. The van der Waals surface area contributed by atoms with Crippen molar-refractivity contribution in [2.24, 2.45) is 5.73 Å². The molecule has 1 saturated carbocycles. The summed E-state index contributed by atoms with van der Waals surface area (Å²) in [6, 6.07) is 5.46. The maximum absolute atomic E-state index is 11.7. The highest BCUT2D eigenvalue weighted by molar-refractivity contribution is 6.33. The van der Waals surface area contributed by atoms with Crippen LogP contribution in [0.2, 0.25) is 5.02 Å². The number of hydrogen-bond donors (Lipinski definition) is 2. The summed E-state index contributed by atoms with van der Waals surface area (Å²) in [5, 5.41) is 12.4. The number of halogens is 1. The second-order valence-electron chi connectivity index (χ2n) is 7.33. The molecule has 6 nitrogen and oxygen atoms in total. The van der Waals surface area contributed by atoms with E-state index < -0.39 is 11.5 Å². The molecule has 3 N–H and O–H groups in total. The van der Waals surface area contributed by atoms with E-state index in [4.69, 9.17) is 17.3 Å². The molecule has 3 aromatic rings. The Bertz CT molecular complexity index is 1070. The molecule has 7 heteroatoms. The minimum absolute atomic E-state index is 0.327. The lowest BCUT2D eigenvalue weighted by Crippen LogP contribution is -2.29. The fourth-order valence-electron chi connectivity index (χ4n) is 3.44. The molecule has 1 aliphatic rings. The van der Waals surface area contributed by atoms with Gasteiger partial charge in [0.15, 0.2) is 0 Å². The standard InChI is InChI=1S/C21H21ClN4O2/c1-2-3-18(27)17-8-15(22)14(11-25-17)16-6-12-10-26-19(7-13(12)9-24-16)21(4-5-21)20(23)28/h6-11,18,27H,2-5H2,1H3,(H2,23,28). The zero-order valence-corrected chi connectivity index (χ0v) is 16.3. The first-order valence-electron chi connectivity index (χ1n) is 9.34. The van der Waals surface area contributed by atoms with Crippen molar-refractivity contribution in [3.63, 3.8) is 0 Å². The summed E-state index contributed by atoms with van der Waals surface area (Å²) in [5.41, 5.74) is 7.56. The van der Waals surface area contributed by atoms with Crippen LogP contribution in [0.25, 0.3) is 22.0 Å². The molecule has 1 atom stereocenters. The van der Waals surface area contributed by atoms with Crippen molar-refractivity contribution in [1.29, 1.82) is 0 Å².